The van der Waals surface area contributed by atoms with Gasteiger partial charge in [-0.3, -0.25) is 4.79 Å². The van der Waals surface area contributed by atoms with Gasteiger partial charge in [0.1, 0.15) is 5.75 Å². The molecule has 1 saturated heterocycles. The van der Waals surface area contributed by atoms with Gasteiger partial charge in [-0.05, 0) is 31.0 Å². The van der Waals surface area contributed by atoms with Crippen LogP contribution < -0.4 is 4.74 Å². The molecule has 5 heteroatoms. The fourth-order valence-corrected chi connectivity index (χ4v) is 2.07. The van der Waals surface area contributed by atoms with Crippen molar-refractivity contribution in [3.05, 3.63) is 29.3 Å². The van der Waals surface area contributed by atoms with Crippen LogP contribution in [0.25, 0.3) is 0 Å². The number of ether oxygens (including phenoxy) is 1. The Morgan fingerprint density at radius 2 is 1.95 bits per heavy atom. The van der Waals surface area contributed by atoms with Gasteiger partial charge in [0.15, 0.2) is 6.61 Å². The van der Waals surface area contributed by atoms with E-state index in [2.05, 4.69) is 0 Å². The Labute approximate surface area is 112 Å². The quantitative estimate of drug-likeness (QED) is 0.821. The fourth-order valence-electron chi connectivity index (χ4n) is 2.07. The summed E-state index contributed by atoms with van der Waals surface area (Å²) in [6, 6.07) is 5.81. The number of nitrogens with zero attached hydrogens (tertiary/aromatic N) is 1. The molecule has 0 spiro atoms. The Morgan fingerprint density at radius 3 is 2.58 bits per heavy atom. The number of carbonyl (C=O) groups excluding carboxylic acids is 1. The number of aryl methyl sites for hydroxylation is 2. The van der Waals surface area contributed by atoms with E-state index in [-0.39, 0.29) is 25.6 Å². The normalized spacial score (nSPS) is 22.6. The van der Waals surface area contributed by atoms with E-state index in [0.717, 1.165) is 11.1 Å². The molecular weight excluding hydrogens is 246 g/mol. The van der Waals surface area contributed by atoms with Crippen LogP contribution in [0.5, 0.6) is 5.75 Å². The van der Waals surface area contributed by atoms with E-state index in [1.165, 1.54) is 4.90 Å². The molecule has 2 rings (SSSR count). The number of amides is 1. The fraction of sp³-hybridized carbons (Fsp3) is 0.500. The van der Waals surface area contributed by atoms with Crippen LogP contribution in [0.4, 0.5) is 0 Å². The number of hydrogen-bond donors (Lipinski definition) is 2. The molecule has 1 aromatic rings. The van der Waals surface area contributed by atoms with Crippen LogP contribution in [0.1, 0.15) is 11.1 Å². The highest BCUT2D eigenvalue weighted by Crippen LogP contribution is 2.19. The first-order valence-corrected chi connectivity index (χ1v) is 6.31. The second kappa shape index (κ2) is 5.59. The van der Waals surface area contributed by atoms with Crippen LogP contribution in [0.3, 0.4) is 0 Å². The van der Waals surface area contributed by atoms with Crippen LogP contribution >= 0.6 is 0 Å². The minimum atomic E-state index is -0.857. The molecule has 19 heavy (non-hydrogen) atoms. The first-order valence-electron chi connectivity index (χ1n) is 6.31. The van der Waals surface area contributed by atoms with Gasteiger partial charge in [0.2, 0.25) is 0 Å². The van der Waals surface area contributed by atoms with Gasteiger partial charge in [0.05, 0.1) is 12.2 Å². The van der Waals surface area contributed by atoms with Crippen molar-refractivity contribution in [2.45, 2.75) is 26.1 Å². The van der Waals surface area contributed by atoms with Crippen LogP contribution in [0.15, 0.2) is 18.2 Å². The van der Waals surface area contributed by atoms with Crippen molar-refractivity contribution in [1.82, 2.24) is 4.90 Å². The monoisotopic (exact) mass is 265 g/mol. The topological polar surface area (TPSA) is 70.0 Å². The standard InChI is InChI=1S/C14H19NO4/c1-9-3-4-10(2)13(5-9)19-8-14(18)15-6-11(16)12(17)7-15/h3-5,11-12,16-17H,6-8H2,1-2H3. The number of β-amino-alcohol motifs (C(OH)–C–C–N with tert-alkyl or cyclic N) is 2. The summed E-state index contributed by atoms with van der Waals surface area (Å²) < 4.78 is 5.51. The molecule has 1 heterocycles. The van der Waals surface area contributed by atoms with E-state index in [1.54, 1.807) is 0 Å². The Hall–Kier alpha value is -1.59. The predicted molar refractivity (Wildman–Crippen MR) is 70.0 cm³/mol. The smallest absolute Gasteiger partial charge is 0.260 e. The van der Waals surface area contributed by atoms with Gasteiger partial charge in [-0.15, -0.1) is 0 Å². The third kappa shape index (κ3) is 3.24. The number of hydrogen-bond acceptors (Lipinski definition) is 4. The van der Waals surface area contributed by atoms with Crippen LogP contribution in [-0.2, 0) is 4.79 Å². The molecule has 104 valence electrons. The van der Waals surface area contributed by atoms with Crippen molar-refractivity contribution in [2.75, 3.05) is 19.7 Å². The molecular formula is C14H19NO4. The lowest BCUT2D eigenvalue weighted by Crippen LogP contribution is -2.34. The third-order valence-corrected chi connectivity index (χ3v) is 3.31. The van der Waals surface area contributed by atoms with Crippen LogP contribution in [0.2, 0.25) is 0 Å². The predicted octanol–water partition coefficient (Wildman–Crippen LogP) is 0.246. The van der Waals surface area contributed by atoms with E-state index in [9.17, 15) is 15.0 Å². The van der Waals surface area contributed by atoms with E-state index in [4.69, 9.17) is 4.74 Å². The number of benzene rings is 1. The maximum absolute atomic E-state index is 11.9. The summed E-state index contributed by atoms with van der Waals surface area (Å²) in [4.78, 5) is 13.3. The SMILES string of the molecule is Cc1ccc(C)c(OCC(=O)N2CC(O)C(O)C2)c1. The molecule has 0 aliphatic carbocycles. The zero-order valence-corrected chi connectivity index (χ0v) is 11.2. The summed E-state index contributed by atoms with van der Waals surface area (Å²) in [6.45, 7) is 4.12. The van der Waals surface area contributed by atoms with Crippen molar-refractivity contribution in [1.29, 1.82) is 0 Å². The molecule has 0 aromatic heterocycles. The number of aliphatic hydroxyl groups excluding tert-OH is 2. The minimum Gasteiger partial charge on any atom is -0.483 e. The zero-order valence-electron chi connectivity index (χ0n) is 11.2. The van der Waals surface area contributed by atoms with Gasteiger partial charge in [-0.2, -0.15) is 0 Å². The number of likely N-dealkylation sites (tertiary alicyclic amines) is 1. The molecule has 1 aliphatic rings. The van der Waals surface area contributed by atoms with E-state index >= 15 is 0 Å². The van der Waals surface area contributed by atoms with E-state index in [0.29, 0.717) is 5.75 Å². The summed E-state index contributed by atoms with van der Waals surface area (Å²) in [5.41, 5.74) is 2.04. The summed E-state index contributed by atoms with van der Waals surface area (Å²) in [7, 11) is 0. The molecule has 0 radical (unpaired) electrons. The molecule has 0 bridgehead atoms. The number of aliphatic hydroxyl groups is 2. The van der Waals surface area contributed by atoms with Crippen molar-refractivity contribution < 1.29 is 19.7 Å². The lowest BCUT2D eigenvalue weighted by Gasteiger charge is -2.16. The molecule has 1 aromatic carbocycles. The Balaban J connectivity index is 1.92. The third-order valence-electron chi connectivity index (χ3n) is 3.31. The molecule has 1 aliphatic heterocycles. The van der Waals surface area contributed by atoms with Crippen molar-refractivity contribution in [2.24, 2.45) is 0 Å². The molecule has 1 amide bonds. The van der Waals surface area contributed by atoms with E-state index < -0.39 is 12.2 Å². The average molecular weight is 265 g/mol. The Kier molecular flexibility index (Phi) is 4.07. The van der Waals surface area contributed by atoms with Gasteiger partial charge in [-0.1, -0.05) is 12.1 Å². The van der Waals surface area contributed by atoms with Crippen LogP contribution in [0, 0.1) is 13.8 Å². The zero-order chi connectivity index (χ0) is 14.0. The van der Waals surface area contributed by atoms with Gasteiger partial charge >= 0.3 is 0 Å². The number of rotatable bonds is 3. The molecule has 1 fully saturated rings. The van der Waals surface area contributed by atoms with Crippen molar-refractivity contribution >= 4 is 5.91 Å². The lowest BCUT2D eigenvalue weighted by molar-refractivity contribution is -0.132. The van der Waals surface area contributed by atoms with E-state index in [1.807, 2.05) is 32.0 Å². The maximum atomic E-state index is 11.9. The summed E-state index contributed by atoms with van der Waals surface area (Å²) in [6.07, 6.45) is -1.71. The highest BCUT2D eigenvalue weighted by atomic mass is 16.5. The molecule has 2 N–H and O–H groups in total. The summed E-state index contributed by atoms with van der Waals surface area (Å²) >= 11 is 0. The first kappa shape index (κ1) is 13.8. The molecule has 2 atom stereocenters. The maximum Gasteiger partial charge on any atom is 0.260 e. The highest BCUT2D eigenvalue weighted by Gasteiger charge is 2.32. The van der Waals surface area contributed by atoms with Gasteiger partial charge in [0, 0.05) is 13.1 Å². The number of carbonyl (C=O) groups is 1. The van der Waals surface area contributed by atoms with Gasteiger partial charge < -0.3 is 19.8 Å². The second-order valence-electron chi connectivity index (χ2n) is 4.99. The van der Waals surface area contributed by atoms with Gasteiger partial charge in [0.25, 0.3) is 5.91 Å². The van der Waals surface area contributed by atoms with Gasteiger partial charge in [-0.25, -0.2) is 0 Å². The highest BCUT2D eigenvalue weighted by molar-refractivity contribution is 5.78. The van der Waals surface area contributed by atoms with Crippen molar-refractivity contribution in [3.63, 3.8) is 0 Å². The van der Waals surface area contributed by atoms with Crippen molar-refractivity contribution in [3.8, 4) is 5.75 Å². The summed E-state index contributed by atoms with van der Waals surface area (Å²) in [5, 5.41) is 18.8. The molecule has 0 saturated carbocycles. The minimum absolute atomic E-state index is 0.0796. The Bertz CT molecular complexity index is 465. The average Bonchev–Trinajstić information content (AvgIpc) is 2.70. The molecule has 2 unspecified atom stereocenters. The second-order valence-corrected chi connectivity index (χ2v) is 4.99. The summed E-state index contributed by atoms with van der Waals surface area (Å²) in [5.74, 6) is 0.463. The largest absolute Gasteiger partial charge is 0.483 e. The Morgan fingerprint density at radius 1 is 1.32 bits per heavy atom. The molecule has 5 nitrogen and oxygen atoms in total. The first-order chi connectivity index (χ1) is 8.97. The van der Waals surface area contributed by atoms with Crippen LogP contribution in [-0.4, -0.2) is 52.9 Å². The lowest BCUT2D eigenvalue weighted by atomic mass is 10.1.